The Balaban J connectivity index is 2.06. The summed E-state index contributed by atoms with van der Waals surface area (Å²) in [5.74, 6) is 1.33. The second kappa shape index (κ2) is 6.40. The Labute approximate surface area is 122 Å². The van der Waals surface area contributed by atoms with Crippen molar-refractivity contribution in [1.29, 1.82) is 0 Å². The van der Waals surface area contributed by atoms with E-state index < -0.39 is 0 Å². The van der Waals surface area contributed by atoms with Crippen LogP contribution in [0.2, 0.25) is 0 Å². The topological polar surface area (TPSA) is 32.3 Å². The van der Waals surface area contributed by atoms with Crippen LogP contribution in [0.25, 0.3) is 0 Å². The Morgan fingerprint density at radius 2 is 1.85 bits per heavy atom. The van der Waals surface area contributed by atoms with E-state index in [9.17, 15) is 4.79 Å². The van der Waals surface area contributed by atoms with Crippen molar-refractivity contribution in [2.45, 2.75) is 39.2 Å². The largest absolute Gasteiger partial charge is 0.340 e. The molecule has 1 N–H and O–H groups in total. The quantitative estimate of drug-likeness (QED) is 0.895. The van der Waals surface area contributed by atoms with Crippen molar-refractivity contribution in [3.8, 4) is 0 Å². The first-order valence-electron chi connectivity index (χ1n) is 7.56. The molecule has 0 aliphatic carbocycles. The van der Waals surface area contributed by atoms with Crippen molar-refractivity contribution in [2.75, 3.05) is 20.1 Å². The maximum Gasteiger partial charge on any atom is 0.222 e. The average molecular weight is 274 g/mol. The molecule has 1 amide bonds. The second-order valence-corrected chi connectivity index (χ2v) is 6.27. The number of carbonyl (C=O) groups is 1. The number of likely N-dealkylation sites (tertiary alicyclic amines) is 1. The molecule has 2 atom stereocenters. The molecule has 20 heavy (non-hydrogen) atoms. The molecule has 1 aromatic carbocycles. The highest BCUT2D eigenvalue weighted by Crippen LogP contribution is 2.23. The number of hydrogen-bond acceptors (Lipinski definition) is 2. The first-order chi connectivity index (χ1) is 9.51. The summed E-state index contributed by atoms with van der Waals surface area (Å²) in [5, 5.41) is 3.34. The third kappa shape index (κ3) is 3.40. The molecular formula is C17H26N2O. The van der Waals surface area contributed by atoms with Crippen molar-refractivity contribution >= 4 is 5.91 Å². The normalized spacial score (nSPS) is 20.8. The smallest absolute Gasteiger partial charge is 0.222 e. The van der Waals surface area contributed by atoms with Crippen molar-refractivity contribution in [1.82, 2.24) is 10.2 Å². The monoisotopic (exact) mass is 274 g/mol. The van der Waals surface area contributed by atoms with E-state index in [4.69, 9.17) is 0 Å². The highest BCUT2D eigenvalue weighted by atomic mass is 16.2. The summed E-state index contributed by atoms with van der Waals surface area (Å²) in [6.45, 7) is 8.20. The van der Waals surface area contributed by atoms with Crippen molar-refractivity contribution in [3.63, 3.8) is 0 Å². The van der Waals surface area contributed by atoms with E-state index in [1.54, 1.807) is 0 Å². The maximum atomic E-state index is 11.9. The maximum absolute atomic E-state index is 11.9. The van der Waals surface area contributed by atoms with Crippen LogP contribution in [-0.4, -0.2) is 30.9 Å². The highest BCUT2D eigenvalue weighted by molar-refractivity contribution is 5.78. The lowest BCUT2D eigenvalue weighted by molar-refractivity contribution is -0.128. The number of carbonyl (C=O) groups excluding carboxylic acids is 1. The first-order valence-corrected chi connectivity index (χ1v) is 7.56. The van der Waals surface area contributed by atoms with Crippen LogP contribution in [0.1, 0.15) is 50.3 Å². The number of likely N-dealkylation sites (N-methyl/N-ethyl adjacent to an activating group) is 1. The summed E-state index contributed by atoms with van der Waals surface area (Å²) in [5.41, 5.74) is 2.61. The van der Waals surface area contributed by atoms with E-state index in [0.717, 1.165) is 13.1 Å². The number of amides is 1. The van der Waals surface area contributed by atoms with Gasteiger partial charge in [0, 0.05) is 25.6 Å². The van der Waals surface area contributed by atoms with Crippen molar-refractivity contribution < 1.29 is 4.79 Å². The van der Waals surface area contributed by atoms with Gasteiger partial charge in [-0.25, -0.2) is 0 Å². The lowest BCUT2D eigenvalue weighted by Crippen LogP contribution is -2.34. The minimum atomic E-state index is 0.213. The van der Waals surface area contributed by atoms with Crippen LogP contribution in [0, 0.1) is 5.92 Å². The Hall–Kier alpha value is -1.35. The zero-order valence-electron chi connectivity index (χ0n) is 13.0. The van der Waals surface area contributed by atoms with Gasteiger partial charge in [-0.05, 0) is 30.0 Å². The van der Waals surface area contributed by atoms with Gasteiger partial charge in [-0.2, -0.15) is 0 Å². The average Bonchev–Trinajstić information content (AvgIpc) is 2.74. The van der Waals surface area contributed by atoms with Crippen LogP contribution in [0.15, 0.2) is 24.3 Å². The number of rotatable bonds is 5. The predicted octanol–water partition coefficient (Wildman–Crippen LogP) is 2.94. The van der Waals surface area contributed by atoms with E-state index in [0.29, 0.717) is 18.3 Å². The summed E-state index contributed by atoms with van der Waals surface area (Å²) >= 11 is 0. The molecule has 110 valence electrons. The molecule has 0 aromatic heterocycles. The van der Waals surface area contributed by atoms with Crippen LogP contribution in [0.3, 0.4) is 0 Å². The van der Waals surface area contributed by atoms with Gasteiger partial charge in [-0.3, -0.25) is 4.79 Å². The second-order valence-electron chi connectivity index (χ2n) is 6.27. The van der Waals surface area contributed by atoms with Gasteiger partial charge >= 0.3 is 0 Å². The molecule has 3 nitrogen and oxygen atoms in total. The first kappa shape index (κ1) is 15.0. The Morgan fingerprint density at radius 1 is 1.25 bits per heavy atom. The van der Waals surface area contributed by atoms with E-state index in [-0.39, 0.29) is 11.9 Å². The number of nitrogens with zero attached hydrogens (tertiary/aromatic N) is 1. The molecule has 0 saturated carbocycles. The van der Waals surface area contributed by atoms with E-state index >= 15 is 0 Å². The number of benzene rings is 1. The van der Waals surface area contributed by atoms with Crippen LogP contribution >= 0.6 is 0 Å². The summed E-state index contributed by atoms with van der Waals surface area (Å²) in [7, 11) is 1.96. The number of hydrogen-bond donors (Lipinski definition) is 1. The van der Waals surface area contributed by atoms with Crippen LogP contribution < -0.4 is 5.32 Å². The Kier molecular flexibility index (Phi) is 4.81. The van der Waals surface area contributed by atoms with Gasteiger partial charge in [0.1, 0.15) is 0 Å². The fraction of sp³-hybridized carbons (Fsp3) is 0.588. The van der Waals surface area contributed by atoms with Gasteiger partial charge in [0.15, 0.2) is 0 Å². The molecule has 0 spiro atoms. The van der Waals surface area contributed by atoms with E-state index in [1.165, 1.54) is 11.1 Å². The van der Waals surface area contributed by atoms with Gasteiger partial charge in [-0.1, -0.05) is 45.0 Å². The highest BCUT2D eigenvalue weighted by Gasteiger charge is 2.28. The van der Waals surface area contributed by atoms with Gasteiger partial charge in [-0.15, -0.1) is 0 Å². The Morgan fingerprint density at radius 3 is 2.30 bits per heavy atom. The molecule has 1 aliphatic rings. The number of nitrogens with one attached hydrogen (secondary N) is 1. The minimum Gasteiger partial charge on any atom is -0.340 e. The summed E-state index contributed by atoms with van der Waals surface area (Å²) in [6.07, 6.45) is 0.697. The molecule has 2 unspecified atom stereocenters. The van der Waals surface area contributed by atoms with Crippen molar-refractivity contribution in [3.05, 3.63) is 35.4 Å². The molecule has 1 aliphatic heterocycles. The zero-order chi connectivity index (χ0) is 14.7. The van der Waals surface area contributed by atoms with Gasteiger partial charge < -0.3 is 10.2 Å². The molecule has 0 bridgehead atoms. The molecular weight excluding hydrogens is 248 g/mol. The zero-order valence-corrected chi connectivity index (χ0v) is 13.0. The summed E-state index contributed by atoms with van der Waals surface area (Å²) in [6, 6.07) is 8.96. The minimum absolute atomic E-state index is 0.213. The predicted molar refractivity (Wildman–Crippen MR) is 82.7 cm³/mol. The Bertz CT molecular complexity index is 453. The molecule has 1 fully saturated rings. The molecule has 1 saturated heterocycles. The molecule has 0 radical (unpaired) electrons. The third-order valence-electron chi connectivity index (χ3n) is 4.16. The fourth-order valence-corrected chi connectivity index (χ4v) is 2.84. The summed E-state index contributed by atoms with van der Waals surface area (Å²) in [4.78, 5) is 13.9. The van der Waals surface area contributed by atoms with Crippen LogP contribution in [-0.2, 0) is 4.79 Å². The fourth-order valence-electron chi connectivity index (χ4n) is 2.84. The molecule has 1 heterocycles. The van der Waals surface area contributed by atoms with E-state index in [2.05, 4.69) is 50.4 Å². The van der Waals surface area contributed by atoms with Gasteiger partial charge in [0.25, 0.3) is 0 Å². The molecule has 2 rings (SSSR count). The van der Waals surface area contributed by atoms with Crippen LogP contribution in [0.5, 0.6) is 0 Å². The summed E-state index contributed by atoms with van der Waals surface area (Å²) < 4.78 is 0. The lowest BCUT2D eigenvalue weighted by atomic mass is 9.99. The SMILES string of the molecule is CNC(CN1CC(C)CC1=O)c1ccc(C(C)C)cc1. The third-order valence-corrected chi connectivity index (χ3v) is 4.16. The standard InChI is InChI=1S/C17H26N2O/c1-12(2)14-5-7-15(8-6-14)16(18-4)11-19-10-13(3)9-17(19)20/h5-8,12-13,16,18H,9-11H2,1-4H3. The van der Waals surface area contributed by atoms with Crippen LogP contribution in [0.4, 0.5) is 0 Å². The van der Waals surface area contributed by atoms with Crippen molar-refractivity contribution in [2.24, 2.45) is 5.92 Å². The van der Waals surface area contributed by atoms with E-state index in [1.807, 2.05) is 11.9 Å². The van der Waals surface area contributed by atoms with Gasteiger partial charge in [0.2, 0.25) is 5.91 Å². The van der Waals surface area contributed by atoms with Gasteiger partial charge in [0.05, 0.1) is 0 Å². The molecule has 3 heteroatoms. The molecule has 1 aromatic rings. The lowest BCUT2D eigenvalue weighted by Gasteiger charge is -2.24.